The van der Waals surface area contributed by atoms with Crippen LogP contribution in [-0.2, 0) is 6.54 Å². The van der Waals surface area contributed by atoms with Gasteiger partial charge in [0.15, 0.2) is 0 Å². The van der Waals surface area contributed by atoms with Crippen molar-refractivity contribution in [2.75, 3.05) is 13.2 Å². The van der Waals surface area contributed by atoms with Gasteiger partial charge in [0.25, 0.3) is 0 Å². The minimum Gasteiger partial charge on any atom is -0.491 e. The summed E-state index contributed by atoms with van der Waals surface area (Å²) in [6.07, 6.45) is 0. The third kappa shape index (κ3) is 4.07. The van der Waals surface area contributed by atoms with E-state index in [4.69, 9.17) is 9.84 Å². The van der Waals surface area contributed by atoms with Gasteiger partial charge in [0.1, 0.15) is 12.4 Å². The van der Waals surface area contributed by atoms with E-state index < -0.39 is 0 Å². The van der Waals surface area contributed by atoms with Crippen LogP contribution >= 0.6 is 11.3 Å². The van der Waals surface area contributed by atoms with Gasteiger partial charge in [0.05, 0.1) is 6.61 Å². The molecule has 20 heavy (non-hydrogen) atoms. The number of aliphatic hydroxyl groups excluding tert-OH is 1. The van der Waals surface area contributed by atoms with E-state index in [-0.39, 0.29) is 6.61 Å². The number of hydrogen-bond acceptors (Lipinski definition) is 4. The fourth-order valence-corrected chi connectivity index (χ4v) is 2.90. The fourth-order valence-electron chi connectivity index (χ4n) is 2.00. The number of aliphatic hydroxyl groups is 1. The van der Waals surface area contributed by atoms with Gasteiger partial charge in [-0.1, -0.05) is 18.2 Å². The van der Waals surface area contributed by atoms with Crippen LogP contribution in [0.5, 0.6) is 5.75 Å². The molecule has 1 atom stereocenters. The molecule has 0 saturated heterocycles. The van der Waals surface area contributed by atoms with Crippen molar-refractivity contribution in [1.29, 1.82) is 0 Å². The summed E-state index contributed by atoms with van der Waals surface area (Å²) in [4.78, 5) is 2.68. The molecule has 0 fully saturated rings. The normalized spacial score (nSPS) is 12.3. The standard InChI is InChI=1S/C16H21NO2S/c1-12-7-8-16(20-12)13(2)17-11-14-5-3-4-6-15(14)19-10-9-18/h3-8,13,17-18H,9-11H2,1-2H3/t13-/m1/s1. The zero-order chi connectivity index (χ0) is 14.4. The number of para-hydroxylation sites is 1. The Morgan fingerprint density at radius 3 is 2.75 bits per heavy atom. The predicted molar refractivity (Wildman–Crippen MR) is 83.3 cm³/mol. The van der Waals surface area contributed by atoms with Gasteiger partial charge in [-0.2, -0.15) is 0 Å². The number of benzene rings is 1. The van der Waals surface area contributed by atoms with Crippen LogP contribution in [0.3, 0.4) is 0 Å². The molecule has 0 aliphatic heterocycles. The molecule has 1 aromatic carbocycles. The Kier molecular flexibility index (Phi) is 5.59. The molecule has 4 heteroatoms. The number of hydrogen-bond donors (Lipinski definition) is 2. The largest absolute Gasteiger partial charge is 0.491 e. The second kappa shape index (κ2) is 7.43. The monoisotopic (exact) mass is 291 g/mol. The molecule has 0 bridgehead atoms. The van der Waals surface area contributed by atoms with Gasteiger partial charge < -0.3 is 15.2 Å². The van der Waals surface area contributed by atoms with Crippen molar-refractivity contribution < 1.29 is 9.84 Å². The van der Waals surface area contributed by atoms with E-state index in [1.165, 1.54) is 9.75 Å². The van der Waals surface area contributed by atoms with Gasteiger partial charge in [-0.05, 0) is 32.0 Å². The number of ether oxygens (including phenoxy) is 1. The smallest absolute Gasteiger partial charge is 0.123 e. The van der Waals surface area contributed by atoms with Gasteiger partial charge in [-0.3, -0.25) is 0 Å². The van der Waals surface area contributed by atoms with Crippen molar-refractivity contribution in [1.82, 2.24) is 5.32 Å². The Morgan fingerprint density at radius 1 is 1.25 bits per heavy atom. The van der Waals surface area contributed by atoms with Crippen molar-refractivity contribution in [3.05, 3.63) is 51.7 Å². The van der Waals surface area contributed by atoms with E-state index in [1.807, 2.05) is 35.6 Å². The molecule has 3 nitrogen and oxygen atoms in total. The summed E-state index contributed by atoms with van der Waals surface area (Å²) < 4.78 is 5.54. The lowest BCUT2D eigenvalue weighted by Crippen LogP contribution is -2.18. The Labute approximate surface area is 124 Å². The third-order valence-corrected chi connectivity index (χ3v) is 4.29. The Hall–Kier alpha value is -1.36. The highest BCUT2D eigenvalue weighted by Gasteiger charge is 2.09. The van der Waals surface area contributed by atoms with Crippen molar-refractivity contribution in [3.63, 3.8) is 0 Å². The van der Waals surface area contributed by atoms with E-state index in [2.05, 4.69) is 31.3 Å². The molecule has 0 aliphatic carbocycles. The first-order valence-corrected chi connectivity index (χ1v) is 7.63. The van der Waals surface area contributed by atoms with Crippen LogP contribution in [0.1, 0.15) is 28.3 Å². The van der Waals surface area contributed by atoms with Gasteiger partial charge in [0.2, 0.25) is 0 Å². The highest BCUT2D eigenvalue weighted by atomic mass is 32.1. The van der Waals surface area contributed by atoms with Gasteiger partial charge in [0, 0.05) is 27.9 Å². The number of thiophene rings is 1. The first-order valence-electron chi connectivity index (χ1n) is 6.82. The van der Waals surface area contributed by atoms with E-state index in [0.29, 0.717) is 12.6 Å². The fraction of sp³-hybridized carbons (Fsp3) is 0.375. The Balaban J connectivity index is 1.96. The van der Waals surface area contributed by atoms with Crippen LogP contribution < -0.4 is 10.1 Å². The number of nitrogens with one attached hydrogen (secondary N) is 1. The quantitative estimate of drug-likeness (QED) is 0.822. The molecule has 0 amide bonds. The van der Waals surface area contributed by atoms with E-state index in [1.54, 1.807) is 0 Å². The van der Waals surface area contributed by atoms with Crippen LogP contribution in [0.25, 0.3) is 0 Å². The maximum absolute atomic E-state index is 8.85. The summed E-state index contributed by atoms with van der Waals surface area (Å²) in [5, 5.41) is 12.4. The van der Waals surface area contributed by atoms with Crippen molar-refractivity contribution in [3.8, 4) is 5.75 Å². The molecule has 108 valence electrons. The zero-order valence-electron chi connectivity index (χ0n) is 11.9. The molecular weight excluding hydrogens is 270 g/mol. The molecule has 1 heterocycles. The van der Waals surface area contributed by atoms with Crippen molar-refractivity contribution in [2.24, 2.45) is 0 Å². The van der Waals surface area contributed by atoms with Crippen molar-refractivity contribution >= 4 is 11.3 Å². The maximum atomic E-state index is 8.85. The van der Waals surface area contributed by atoms with Gasteiger partial charge in [-0.15, -0.1) is 11.3 Å². The SMILES string of the molecule is Cc1ccc([C@@H](C)NCc2ccccc2OCCO)s1. The van der Waals surface area contributed by atoms with Crippen LogP contribution in [-0.4, -0.2) is 18.3 Å². The molecule has 0 unspecified atom stereocenters. The molecule has 0 spiro atoms. The lowest BCUT2D eigenvalue weighted by molar-refractivity contribution is 0.200. The summed E-state index contributed by atoms with van der Waals surface area (Å²) in [5.74, 6) is 0.837. The van der Waals surface area contributed by atoms with Crippen LogP contribution in [0.4, 0.5) is 0 Å². The molecule has 0 radical (unpaired) electrons. The molecule has 2 N–H and O–H groups in total. The summed E-state index contributed by atoms with van der Waals surface area (Å²) in [7, 11) is 0. The van der Waals surface area contributed by atoms with Crippen LogP contribution in [0.2, 0.25) is 0 Å². The molecular formula is C16H21NO2S. The van der Waals surface area contributed by atoms with Crippen molar-refractivity contribution in [2.45, 2.75) is 26.4 Å². The molecule has 1 aromatic heterocycles. The highest BCUT2D eigenvalue weighted by molar-refractivity contribution is 7.12. The van der Waals surface area contributed by atoms with E-state index >= 15 is 0 Å². The first kappa shape index (κ1) is 15.0. The van der Waals surface area contributed by atoms with Gasteiger partial charge in [-0.25, -0.2) is 0 Å². The lowest BCUT2D eigenvalue weighted by atomic mass is 10.2. The second-order valence-electron chi connectivity index (χ2n) is 4.73. The van der Waals surface area contributed by atoms with E-state index in [9.17, 15) is 0 Å². The third-order valence-electron chi connectivity index (χ3n) is 3.11. The second-order valence-corrected chi connectivity index (χ2v) is 6.05. The minimum absolute atomic E-state index is 0.0344. The first-order chi connectivity index (χ1) is 9.70. The molecule has 2 aromatic rings. The Morgan fingerprint density at radius 2 is 2.05 bits per heavy atom. The average molecular weight is 291 g/mol. The lowest BCUT2D eigenvalue weighted by Gasteiger charge is -2.15. The topological polar surface area (TPSA) is 41.5 Å². The number of rotatable bonds is 7. The summed E-state index contributed by atoms with van der Waals surface area (Å²) in [6, 6.07) is 12.6. The average Bonchev–Trinajstić information content (AvgIpc) is 2.90. The highest BCUT2D eigenvalue weighted by Crippen LogP contribution is 2.24. The predicted octanol–water partition coefficient (Wildman–Crippen LogP) is 3.28. The van der Waals surface area contributed by atoms with Crippen LogP contribution in [0.15, 0.2) is 36.4 Å². The summed E-state index contributed by atoms with van der Waals surface area (Å²) in [5.41, 5.74) is 1.11. The summed E-state index contributed by atoms with van der Waals surface area (Å²) >= 11 is 1.82. The zero-order valence-corrected chi connectivity index (χ0v) is 12.7. The minimum atomic E-state index is 0.0344. The van der Waals surface area contributed by atoms with Crippen LogP contribution in [0, 0.1) is 6.92 Å². The Bertz CT molecular complexity index is 539. The summed E-state index contributed by atoms with van der Waals surface area (Å²) in [6.45, 7) is 5.41. The maximum Gasteiger partial charge on any atom is 0.123 e. The number of aryl methyl sites for hydroxylation is 1. The van der Waals surface area contributed by atoms with Gasteiger partial charge >= 0.3 is 0 Å². The molecule has 0 aliphatic rings. The molecule has 2 rings (SSSR count). The van der Waals surface area contributed by atoms with E-state index in [0.717, 1.165) is 17.9 Å². The molecule has 0 saturated carbocycles.